The van der Waals surface area contributed by atoms with E-state index in [0.717, 1.165) is 51.6 Å². The van der Waals surface area contributed by atoms with E-state index in [9.17, 15) is 66.4 Å². The second-order valence-electron chi connectivity index (χ2n) is 23.6. The fraction of sp³-hybridized carbons (Fsp3) is 0.960. The summed E-state index contributed by atoms with van der Waals surface area (Å²) in [5.74, 6) is 2.40. The highest BCUT2D eigenvalue weighted by Crippen LogP contribution is 2.71. The molecule has 1 unspecified atom stereocenters. The van der Waals surface area contributed by atoms with E-state index in [-0.39, 0.29) is 16.9 Å². The van der Waals surface area contributed by atoms with Gasteiger partial charge in [0.1, 0.15) is 91.6 Å². The van der Waals surface area contributed by atoms with E-state index >= 15 is 0 Å². The smallest absolute Gasteiger partial charge is 0.189 e. The molecule has 23 nitrogen and oxygen atoms in total. The van der Waals surface area contributed by atoms with Crippen molar-refractivity contribution in [1.29, 1.82) is 0 Å². The molecule has 4 aliphatic carbocycles. The first-order valence-electron chi connectivity index (χ1n) is 26.6. The van der Waals surface area contributed by atoms with Crippen molar-refractivity contribution in [3.8, 4) is 0 Å². The third-order valence-electron chi connectivity index (χ3n) is 19.5. The van der Waals surface area contributed by atoms with E-state index in [2.05, 4.69) is 33.8 Å². The maximum Gasteiger partial charge on any atom is 0.189 e. The topological polar surface area (TPSA) is 355 Å². The minimum atomic E-state index is -2.11. The first-order chi connectivity index (χ1) is 34.7. The van der Waals surface area contributed by atoms with Gasteiger partial charge in [0.25, 0.3) is 0 Å². The fourth-order valence-corrected chi connectivity index (χ4v) is 15.3. The van der Waals surface area contributed by atoms with Crippen LogP contribution >= 0.6 is 0 Å². The zero-order valence-electron chi connectivity index (χ0n) is 41.8. The number of hydrogen-bond donors (Lipinski definition) is 13. The van der Waals surface area contributed by atoms with Crippen molar-refractivity contribution < 1.29 is 114 Å². The van der Waals surface area contributed by atoms with E-state index in [1.807, 2.05) is 0 Å². The number of hydrogen-bond acceptors (Lipinski definition) is 23. The molecule has 0 bridgehead atoms. The molecule has 23 heteroatoms. The second kappa shape index (κ2) is 21.1. The van der Waals surface area contributed by atoms with Crippen LogP contribution in [0.4, 0.5) is 0 Å². The predicted molar refractivity (Wildman–Crippen MR) is 243 cm³/mol. The van der Waals surface area contributed by atoms with Crippen molar-refractivity contribution >= 4 is 0 Å². The summed E-state index contributed by atoms with van der Waals surface area (Å²) in [6.07, 6.45) is -26.6. The molecule has 0 aromatic carbocycles. The van der Waals surface area contributed by atoms with Crippen LogP contribution < -0.4 is 0 Å². The van der Waals surface area contributed by atoms with Gasteiger partial charge in [-0.1, -0.05) is 39.3 Å². The highest BCUT2D eigenvalue weighted by atomic mass is 16.8. The summed E-state index contributed by atoms with van der Waals surface area (Å²) < 4.78 is 60.8. The quantitative estimate of drug-likeness (QED) is 0.0916. The molecule has 31 atom stereocenters. The van der Waals surface area contributed by atoms with Gasteiger partial charge in [0, 0.05) is 12.3 Å². The summed E-state index contributed by atoms with van der Waals surface area (Å²) in [7, 11) is 0. The van der Waals surface area contributed by atoms with E-state index in [0.29, 0.717) is 48.3 Å². The van der Waals surface area contributed by atoms with Crippen LogP contribution in [0.2, 0.25) is 0 Å². The van der Waals surface area contributed by atoms with Crippen LogP contribution in [0, 0.1) is 46.3 Å². The molecule has 10 aliphatic rings. The Bertz CT molecular complexity index is 1920. The third kappa shape index (κ3) is 9.41. The van der Waals surface area contributed by atoms with Gasteiger partial charge in [-0.25, -0.2) is 0 Å². The standard InChI is InChI=1S/C50H80O23/c1-19-7-12-50(64-18-19)20(2)30-26(73-50)14-25-23-6-5-21-13-22(8-10-48(21,3)24(23)9-11-49(25,30)4)65-44-39(62)35(58)40(29(17-53)68-44)69-47-42(71-45-37(60)33(56)31(54)27(15-51)66-45)41(32(55)28(16-52)67-47)70-46-38(61)34(57)36(59)43(63)72-46/h5,19-20,22-47,51-63H,6-18H2,1-4H3/t19?,20-,22-,23+,24-,25-,26-,27+,28+,29+,30-,31+,32+,33-,34+,35+,36+,37+,38-,39+,40-,41-,42+,43+,44+,45-,46-,47-,48-,49-,50+/m0/s1. The van der Waals surface area contributed by atoms with Crippen LogP contribution in [-0.4, -0.2) is 234 Å². The van der Waals surface area contributed by atoms with Crippen molar-refractivity contribution in [2.24, 2.45) is 46.3 Å². The minimum Gasteiger partial charge on any atom is -0.394 e. The van der Waals surface area contributed by atoms with Crippen molar-refractivity contribution in [1.82, 2.24) is 0 Å². The van der Waals surface area contributed by atoms with Gasteiger partial charge >= 0.3 is 0 Å². The van der Waals surface area contributed by atoms with Gasteiger partial charge in [0.2, 0.25) is 0 Å². The third-order valence-corrected chi connectivity index (χ3v) is 19.5. The van der Waals surface area contributed by atoms with Crippen molar-refractivity contribution in [2.75, 3.05) is 26.4 Å². The molecule has 6 aliphatic heterocycles. The number of allylic oxidation sites excluding steroid dienone is 1. The molecule has 3 saturated carbocycles. The lowest BCUT2D eigenvalue weighted by Crippen LogP contribution is -2.68. The molecule has 6 heterocycles. The summed E-state index contributed by atoms with van der Waals surface area (Å²) in [6.45, 7) is 7.65. The highest BCUT2D eigenvalue weighted by Gasteiger charge is 2.69. The Morgan fingerprint density at radius 1 is 0.575 bits per heavy atom. The number of aliphatic hydroxyl groups excluding tert-OH is 13. The van der Waals surface area contributed by atoms with Gasteiger partial charge in [-0.15, -0.1) is 0 Å². The van der Waals surface area contributed by atoms with Gasteiger partial charge in [-0.2, -0.15) is 0 Å². The molecule has 0 amide bonds. The summed E-state index contributed by atoms with van der Waals surface area (Å²) >= 11 is 0. The summed E-state index contributed by atoms with van der Waals surface area (Å²) in [4.78, 5) is 0. The molecule has 73 heavy (non-hydrogen) atoms. The van der Waals surface area contributed by atoms with E-state index in [1.54, 1.807) is 0 Å². The van der Waals surface area contributed by atoms with E-state index in [4.69, 9.17) is 47.4 Å². The number of fused-ring (bicyclic) bond motifs is 7. The maximum atomic E-state index is 11.8. The molecule has 6 saturated heterocycles. The fourth-order valence-electron chi connectivity index (χ4n) is 15.3. The Morgan fingerprint density at radius 3 is 1.86 bits per heavy atom. The SMILES string of the molecule is CC1CC[C@@]2(OC1)O[C@H]1C[C@H]3[C@@H]4CC=C5C[C@@H](O[C@@H]6O[C@H](CO)[C@H](O[C@@H]7O[C@H](CO)[C@@H](O)[C@H](O[C@H]8O[C@@H](O)[C@H](O)[C@@H](O)[C@@H]8O)[C@H]7O[C@@H]7O[C@H](CO)[C@@H](O)[C@H](O)[C@H]7O)[C@H](O)[C@H]6O)CC[C@]5(C)[C@H]4CC[C@]3(C)[C@H]1[C@@H]2C. The molecule has 9 fully saturated rings. The van der Waals surface area contributed by atoms with Gasteiger partial charge in [0.15, 0.2) is 37.2 Å². The number of rotatable bonds is 11. The average molecular weight is 1050 g/mol. The number of ether oxygens (including phenoxy) is 10. The Labute approximate surface area is 423 Å². The Kier molecular flexibility index (Phi) is 16.0. The van der Waals surface area contributed by atoms with Crippen LogP contribution in [0.5, 0.6) is 0 Å². The van der Waals surface area contributed by atoms with Gasteiger partial charge < -0.3 is 114 Å². The lowest BCUT2D eigenvalue weighted by molar-refractivity contribution is -0.412. The molecule has 418 valence electrons. The molecular formula is C50H80O23. The minimum absolute atomic E-state index is 0.0614. The monoisotopic (exact) mass is 1050 g/mol. The average Bonchev–Trinajstić information content (AvgIpc) is 3.82. The summed E-state index contributed by atoms with van der Waals surface area (Å²) in [5.41, 5.74) is 1.40. The Hall–Kier alpha value is -1.18. The molecule has 0 radical (unpaired) electrons. The molecule has 0 aromatic heterocycles. The summed E-state index contributed by atoms with van der Waals surface area (Å²) in [5, 5.41) is 140. The molecular weight excluding hydrogens is 969 g/mol. The molecule has 10 rings (SSSR count). The molecule has 1 spiro atoms. The summed E-state index contributed by atoms with van der Waals surface area (Å²) in [6, 6.07) is 0. The van der Waals surface area contributed by atoms with Gasteiger partial charge in [0.05, 0.1) is 38.6 Å². The highest BCUT2D eigenvalue weighted by molar-refractivity contribution is 5.26. The maximum absolute atomic E-state index is 11.8. The normalized spacial score (nSPS) is 57.1. The van der Waals surface area contributed by atoms with Gasteiger partial charge in [-0.05, 0) is 91.8 Å². The van der Waals surface area contributed by atoms with Crippen LogP contribution in [0.1, 0.15) is 85.5 Å². The Morgan fingerprint density at radius 2 is 1.18 bits per heavy atom. The van der Waals surface area contributed by atoms with Gasteiger partial charge in [-0.3, -0.25) is 0 Å². The zero-order chi connectivity index (χ0) is 52.2. The van der Waals surface area contributed by atoms with Crippen LogP contribution in [0.3, 0.4) is 0 Å². The lowest BCUT2D eigenvalue weighted by Gasteiger charge is -2.58. The first kappa shape index (κ1) is 55.1. The van der Waals surface area contributed by atoms with E-state index in [1.165, 1.54) is 5.57 Å². The molecule has 13 N–H and O–H groups in total. The first-order valence-corrected chi connectivity index (χ1v) is 26.6. The largest absolute Gasteiger partial charge is 0.394 e. The molecule has 0 aromatic rings. The van der Waals surface area contributed by atoms with E-state index < -0.39 is 155 Å². The lowest BCUT2D eigenvalue weighted by atomic mass is 9.47. The van der Waals surface area contributed by atoms with Crippen molar-refractivity contribution in [3.63, 3.8) is 0 Å². The van der Waals surface area contributed by atoms with Crippen LogP contribution in [0.15, 0.2) is 11.6 Å². The van der Waals surface area contributed by atoms with Crippen LogP contribution in [-0.2, 0) is 47.4 Å². The zero-order valence-corrected chi connectivity index (χ0v) is 41.8. The Balaban J connectivity index is 0.830. The second-order valence-corrected chi connectivity index (χ2v) is 23.6. The number of aliphatic hydroxyl groups is 13. The van der Waals surface area contributed by atoms with Crippen LogP contribution in [0.25, 0.3) is 0 Å². The predicted octanol–water partition coefficient (Wildman–Crippen LogP) is -3.03. The van der Waals surface area contributed by atoms with Crippen molar-refractivity contribution in [3.05, 3.63) is 11.6 Å². The van der Waals surface area contributed by atoms with Crippen molar-refractivity contribution in [2.45, 2.75) is 226 Å².